The first-order valence-corrected chi connectivity index (χ1v) is 6.46. The van der Waals surface area contributed by atoms with Gasteiger partial charge < -0.3 is 10.5 Å². The van der Waals surface area contributed by atoms with Gasteiger partial charge in [0.05, 0.1) is 7.11 Å². The van der Waals surface area contributed by atoms with Gasteiger partial charge in [-0.2, -0.15) is 0 Å². The fourth-order valence-corrected chi connectivity index (χ4v) is 2.27. The Morgan fingerprint density at radius 2 is 1.94 bits per heavy atom. The van der Waals surface area contributed by atoms with Crippen LogP contribution in [0.2, 0.25) is 0 Å². The molecule has 0 bridgehead atoms. The Hall–Kier alpha value is -1.02. The number of nitrogens with two attached hydrogens (primary N) is 1. The zero-order valence-corrected chi connectivity index (χ0v) is 11.5. The van der Waals surface area contributed by atoms with Crippen LogP contribution >= 0.6 is 0 Å². The van der Waals surface area contributed by atoms with Gasteiger partial charge in [0.25, 0.3) is 0 Å². The summed E-state index contributed by atoms with van der Waals surface area (Å²) >= 11 is 0. The summed E-state index contributed by atoms with van der Waals surface area (Å²) in [7, 11) is 1.69. The van der Waals surface area contributed by atoms with Crippen LogP contribution in [0.5, 0.6) is 5.75 Å². The Bertz CT molecular complexity index is 343. The second kappa shape index (κ2) is 6.06. The molecule has 1 aromatic rings. The van der Waals surface area contributed by atoms with Crippen LogP contribution in [0, 0.1) is 5.92 Å². The first-order chi connectivity index (χ1) is 8.03. The van der Waals surface area contributed by atoms with Crippen LogP contribution in [0.4, 0.5) is 0 Å². The van der Waals surface area contributed by atoms with E-state index in [0.717, 1.165) is 17.7 Å². The molecule has 0 aliphatic rings. The number of ether oxygens (including phenoxy) is 1. The Morgan fingerprint density at radius 1 is 1.29 bits per heavy atom. The minimum Gasteiger partial charge on any atom is -0.497 e. The molecule has 0 spiro atoms. The van der Waals surface area contributed by atoms with Crippen molar-refractivity contribution in [2.24, 2.45) is 11.7 Å². The van der Waals surface area contributed by atoms with Crippen molar-refractivity contribution in [1.29, 1.82) is 0 Å². The van der Waals surface area contributed by atoms with Gasteiger partial charge in [-0.15, -0.1) is 0 Å². The Morgan fingerprint density at radius 3 is 2.47 bits per heavy atom. The molecule has 0 radical (unpaired) electrons. The summed E-state index contributed by atoms with van der Waals surface area (Å²) in [6.07, 6.45) is 3.40. The van der Waals surface area contributed by atoms with Crippen molar-refractivity contribution in [1.82, 2.24) is 0 Å². The minimum atomic E-state index is -0.273. The highest BCUT2D eigenvalue weighted by atomic mass is 16.5. The van der Waals surface area contributed by atoms with Gasteiger partial charge >= 0.3 is 0 Å². The molecule has 0 amide bonds. The highest BCUT2D eigenvalue weighted by Crippen LogP contribution is 2.30. The smallest absolute Gasteiger partial charge is 0.119 e. The van der Waals surface area contributed by atoms with Gasteiger partial charge in [0.15, 0.2) is 0 Å². The van der Waals surface area contributed by atoms with Gasteiger partial charge in [0.1, 0.15) is 5.75 Å². The lowest BCUT2D eigenvalue weighted by Gasteiger charge is -2.29. The molecule has 96 valence electrons. The van der Waals surface area contributed by atoms with Gasteiger partial charge in [-0.3, -0.25) is 0 Å². The first kappa shape index (κ1) is 14.0. The molecule has 17 heavy (non-hydrogen) atoms. The van der Waals surface area contributed by atoms with Gasteiger partial charge in [-0.1, -0.05) is 38.8 Å². The molecule has 0 heterocycles. The second-order valence-corrected chi connectivity index (χ2v) is 5.04. The number of hydrogen-bond donors (Lipinski definition) is 1. The average molecular weight is 235 g/mol. The molecule has 1 atom stereocenters. The summed E-state index contributed by atoms with van der Waals surface area (Å²) in [6, 6.07) is 8.09. The third-order valence-corrected chi connectivity index (χ3v) is 3.60. The lowest BCUT2D eigenvalue weighted by molar-refractivity contribution is 0.328. The van der Waals surface area contributed by atoms with E-state index in [1.54, 1.807) is 7.11 Å². The van der Waals surface area contributed by atoms with Crippen molar-refractivity contribution in [3.8, 4) is 5.75 Å². The third kappa shape index (κ3) is 3.74. The van der Waals surface area contributed by atoms with Gasteiger partial charge in [-0.25, -0.2) is 0 Å². The van der Waals surface area contributed by atoms with Crippen LogP contribution in [-0.2, 0) is 5.54 Å². The van der Waals surface area contributed by atoms with Crippen LogP contribution in [0.1, 0.15) is 45.6 Å². The fourth-order valence-electron chi connectivity index (χ4n) is 2.27. The molecule has 0 fully saturated rings. The lowest BCUT2D eigenvalue weighted by atomic mass is 9.82. The largest absolute Gasteiger partial charge is 0.497 e. The zero-order valence-electron chi connectivity index (χ0n) is 11.5. The van der Waals surface area contributed by atoms with Crippen molar-refractivity contribution >= 4 is 0 Å². The van der Waals surface area contributed by atoms with E-state index in [1.807, 2.05) is 18.2 Å². The molecule has 0 saturated heterocycles. The molecular formula is C15H25NO. The predicted octanol–water partition coefficient (Wildman–Crippen LogP) is 3.70. The van der Waals surface area contributed by atoms with Crippen molar-refractivity contribution in [3.63, 3.8) is 0 Å². The lowest BCUT2D eigenvalue weighted by Crippen LogP contribution is -2.35. The summed E-state index contributed by atoms with van der Waals surface area (Å²) in [5, 5.41) is 0. The van der Waals surface area contributed by atoms with E-state index in [0.29, 0.717) is 5.92 Å². The first-order valence-electron chi connectivity index (χ1n) is 6.46. The molecule has 1 rings (SSSR count). The molecular weight excluding hydrogens is 210 g/mol. The summed E-state index contributed by atoms with van der Waals surface area (Å²) in [4.78, 5) is 0. The number of benzene rings is 1. The zero-order chi connectivity index (χ0) is 12.9. The van der Waals surface area contributed by atoms with E-state index in [9.17, 15) is 0 Å². The summed E-state index contributed by atoms with van der Waals surface area (Å²) in [5.41, 5.74) is 7.34. The van der Waals surface area contributed by atoms with E-state index in [2.05, 4.69) is 26.8 Å². The van der Waals surface area contributed by atoms with Crippen molar-refractivity contribution in [3.05, 3.63) is 29.8 Å². The van der Waals surface area contributed by atoms with Gasteiger partial charge in [-0.05, 0) is 37.0 Å². The van der Waals surface area contributed by atoms with E-state index < -0.39 is 0 Å². The molecule has 0 saturated carbocycles. The molecule has 0 aliphatic carbocycles. The van der Waals surface area contributed by atoms with E-state index in [1.165, 1.54) is 12.8 Å². The topological polar surface area (TPSA) is 35.2 Å². The number of hydrogen-bond acceptors (Lipinski definition) is 2. The number of rotatable bonds is 6. The van der Waals surface area contributed by atoms with Crippen LogP contribution in [0.15, 0.2) is 24.3 Å². The monoisotopic (exact) mass is 235 g/mol. The molecule has 2 nitrogen and oxygen atoms in total. The minimum absolute atomic E-state index is 0.273. The molecule has 1 aromatic carbocycles. The third-order valence-electron chi connectivity index (χ3n) is 3.60. The highest BCUT2D eigenvalue weighted by Gasteiger charge is 2.24. The Labute approximate surface area is 105 Å². The maximum atomic E-state index is 6.46. The van der Waals surface area contributed by atoms with Crippen LogP contribution in [-0.4, -0.2) is 7.11 Å². The van der Waals surface area contributed by atoms with Crippen molar-refractivity contribution in [2.45, 2.75) is 45.6 Å². The fraction of sp³-hybridized carbons (Fsp3) is 0.600. The maximum Gasteiger partial charge on any atom is 0.119 e. The molecule has 0 aromatic heterocycles. The summed E-state index contributed by atoms with van der Waals surface area (Å²) in [6.45, 7) is 6.58. The maximum absolute atomic E-state index is 6.46. The Kier molecular flexibility index (Phi) is 5.01. The van der Waals surface area contributed by atoms with Gasteiger partial charge in [0.2, 0.25) is 0 Å². The molecule has 2 heteroatoms. The Balaban J connectivity index is 2.87. The van der Waals surface area contributed by atoms with Crippen LogP contribution < -0.4 is 10.5 Å². The second-order valence-electron chi connectivity index (χ2n) is 5.04. The molecule has 2 N–H and O–H groups in total. The summed E-state index contributed by atoms with van der Waals surface area (Å²) in [5.74, 6) is 1.57. The van der Waals surface area contributed by atoms with E-state index in [-0.39, 0.29) is 5.54 Å². The summed E-state index contributed by atoms with van der Waals surface area (Å²) < 4.78 is 5.25. The highest BCUT2D eigenvalue weighted by molar-refractivity contribution is 5.32. The van der Waals surface area contributed by atoms with E-state index in [4.69, 9.17) is 10.5 Å². The number of methoxy groups -OCH3 is 1. The quantitative estimate of drug-likeness (QED) is 0.816. The normalized spacial score (nSPS) is 14.7. The SMILES string of the molecule is CCC(CC)CC(C)(N)c1cccc(OC)c1. The predicted molar refractivity (Wildman–Crippen MR) is 73.2 cm³/mol. The van der Waals surface area contributed by atoms with Crippen molar-refractivity contribution in [2.75, 3.05) is 7.11 Å². The van der Waals surface area contributed by atoms with Crippen LogP contribution in [0.25, 0.3) is 0 Å². The van der Waals surface area contributed by atoms with Gasteiger partial charge in [0, 0.05) is 5.54 Å². The molecule has 1 unspecified atom stereocenters. The average Bonchev–Trinajstić information content (AvgIpc) is 2.36. The van der Waals surface area contributed by atoms with Crippen molar-refractivity contribution < 1.29 is 4.74 Å². The standard InChI is InChI=1S/C15H25NO/c1-5-12(6-2)11-15(3,16)13-8-7-9-14(10-13)17-4/h7-10,12H,5-6,11,16H2,1-4H3. The van der Waals surface area contributed by atoms with E-state index >= 15 is 0 Å². The molecule has 0 aliphatic heterocycles. The van der Waals surface area contributed by atoms with Crippen LogP contribution in [0.3, 0.4) is 0 Å².